The second-order valence-electron chi connectivity index (χ2n) is 10.4. The number of ether oxygens (including phenoxy) is 1. The molecule has 2 unspecified atom stereocenters. The summed E-state index contributed by atoms with van der Waals surface area (Å²) in [5, 5.41) is 0. The minimum absolute atomic E-state index is 0.0927. The Kier molecular flexibility index (Phi) is 7.42. The van der Waals surface area contributed by atoms with Crippen LogP contribution in [0.4, 0.5) is 14.6 Å². The van der Waals surface area contributed by atoms with Crippen LogP contribution in [0.2, 0.25) is 0 Å². The first kappa shape index (κ1) is 24.9. The molecule has 1 aliphatic heterocycles. The lowest BCUT2D eigenvalue weighted by atomic mass is 10.00. The van der Waals surface area contributed by atoms with E-state index in [1.165, 1.54) is 25.1 Å². The number of hydrogen-bond donors (Lipinski definition) is 2. The molecule has 3 fully saturated rings. The standard InChI is InChI=1S/C25H38F2N6O/c1-14(2)31-21(12-20(28)16-9-22(34-25(26)27)24(29)30-13-16)23-18-10-17(11-19(18)23)33-7-5-32(6-8-33)15(3)4/h9,12-15,17-19,23,25H,5-8,10-11,28H2,1-4H3,(H2,29,30)/t17?,18-,19+,23?. The molecule has 2 aliphatic carbocycles. The monoisotopic (exact) mass is 476 g/mol. The Bertz CT molecular complexity index is 914. The molecule has 188 valence electrons. The summed E-state index contributed by atoms with van der Waals surface area (Å²) in [5.74, 6) is 1.42. The largest absolute Gasteiger partial charge is 0.431 e. The molecule has 9 heteroatoms. The van der Waals surface area contributed by atoms with E-state index in [9.17, 15) is 8.78 Å². The highest BCUT2D eigenvalue weighted by molar-refractivity contribution is 6.04. The molecule has 2 saturated carbocycles. The first-order chi connectivity index (χ1) is 16.1. The highest BCUT2D eigenvalue weighted by atomic mass is 19.3. The first-order valence-electron chi connectivity index (χ1n) is 12.4. The Hall–Kier alpha value is -2.26. The molecule has 1 aromatic heterocycles. The zero-order chi connectivity index (χ0) is 24.6. The minimum atomic E-state index is -2.98. The molecular formula is C25H38F2N6O. The van der Waals surface area contributed by atoms with E-state index in [2.05, 4.69) is 47.2 Å². The van der Waals surface area contributed by atoms with Crippen molar-refractivity contribution in [3.05, 3.63) is 23.9 Å². The van der Waals surface area contributed by atoms with Gasteiger partial charge in [0.15, 0.2) is 11.6 Å². The number of pyridine rings is 1. The molecule has 7 nitrogen and oxygen atoms in total. The number of anilines is 1. The van der Waals surface area contributed by atoms with Crippen LogP contribution in [0, 0.1) is 17.8 Å². The highest BCUT2D eigenvalue weighted by Crippen LogP contribution is 2.59. The summed E-state index contributed by atoms with van der Waals surface area (Å²) in [6, 6.07) is 2.83. The van der Waals surface area contributed by atoms with Gasteiger partial charge in [0.1, 0.15) is 0 Å². The molecule has 0 radical (unpaired) electrons. The van der Waals surface area contributed by atoms with Crippen LogP contribution in [0.25, 0.3) is 5.70 Å². The molecule has 4 rings (SSSR count). The number of nitrogens with zero attached hydrogens (tertiary/aromatic N) is 4. The van der Waals surface area contributed by atoms with Gasteiger partial charge in [-0.1, -0.05) is 0 Å². The van der Waals surface area contributed by atoms with Crippen LogP contribution >= 0.6 is 0 Å². The number of aromatic nitrogens is 1. The van der Waals surface area contributed by atoms with Gasteiger partial charge in [-0.05, 0) is 64.5 Å². The third-order valence-electron chi connectivity index (χ3n) is 7.50. The van der Waals surface area contributed by atoms with Gasteiger partial charge in [-0.25, -0.2) is 4.98 Å². The summed E-state index contributed by atoms with van der Waals surface area (Å²) in [7, 11) is 0. The van der Waals surface area contributed by atoms with Gasteiger partial charge in [0.2, 0.25) is 0 Å². The van der Waals surface area contributed by atoms with Gasteiger partial charge in [0.05, 0.1) is 0 Å². The molecule has 0 spiro atoms. The van der Waals surface area contributed by atoms with Gasteiger partial charge in [0, 0.05) is 73.4 Å². The summed E-state index contributed by atoms with van der Waals surface area (Å²) in [4.78, 5) is 14.1. The summed E-state index contributed by atoms with van der Waals surface area (Å²) in [6.07, 6.45) is 5.78. The fourth-order valence-electron chi connectivity index (χ4n) is 5.73. The zero-order valence-corrected chi connectivity index (χ0v) is 20.6. The van der Waals surface area contributed by atoms with E-state index in [1.807, 2.05) is 6.08 Å². The summed E-state index contributed by atoms with van der Waals surface area (Å²) >= 11 is 0. The Balaban J connectivity index is 1.42. The number of nitrogens with two attached hydrogens (primary N) is 2. The Morgan fingerprint density at radius 3 is 2.35 bits per heavy atom. The van der Waals surface area contributed by atoms with E-state index in [1.54, 1.807) is 0 Å². The van der Waals surface area contributed by atoms with Crippen molar-refractivity contribution in [2.75, 3.05) is 31.9 Å². The van der Waals surface area contributed by atoms with Crippen LogP contribution in [-0.4, -0.2) is 71.4 Å². The smallest absolute Gasteiger partial charge is 0.387 e. The minimum Gasteiger partial charge on any atom is -0.431 e. The quantitative estimate of drug-likeness (QED) is 0.558. The highest BCUT2D eigenvalue weighted by Gasteiger charge is 2.58. The van der Waals surface area contributed by atoms with Gasteiger partial charge >= 0.3 is 6.61 Å². The van der Waals surface area contributed by atoms with Gasteiger partial charge in [-0.2, -0.15) is 8.78 Å². The molecule has 1 aromatic rings. The van der Waals surface area contributed by atoms with Crippen molar-refractivity contribution in [2.45, 2.75) is 65.3 Å². The molecule has 0 aromatic carbocycles. The molecule has 0 amide bonds. The number of alkyl halides is 2. The Morgan fingerprint density at radius 1 is 1.15 bits per heavy atom. The van der Waals surface area contributed by atoms with E-state index in [-0.39, 0.29) is 17.6 Å². The van der Waals surface area contributed by atoms with Crippen LogP contribution in [0.1, 0.15) is 46.1 Å². The van der Waals surface area contributed by atoms with Crippen LogP contribution in [0.3, 0.4) is 0 Å². The van der Waals surface area contributed by atoms with Crippen LogP contribution in [0.5, 0.6) is 5.75 Å². The zero-order valence-electron chi connectivity index (χ0n) is 20.6. The second-order valence-corrected chi connectivity index (χ2v) is 10.4. The number of allylic oxidation sites excluding steroid dienone is 1. The third kappa shape index (κ3) is 5.51. The molecular weight excluding hydrogens is 438 g/mol. The van der Waals surface area contributed by atoms with Crippen molar-refractivity contribution in [3.63, 3.8) is 0 Å². The predicted octanol–water partition coefficient (Wildman–Crippen LogP) is 3.46. The van der Waals surface area contributed by atoms with E-state index in [4.69, 9.17) is 16.5 Å². The van der Waals surface area contributed by atoms with Crippen molar-refractivity contribution in [1.82, 2.24) is 14.8 Å². The molecule has 0 bridgehead atoms. The van der Waals surface area contributed by atoms with Gasteiger partial charge in [-0.15, -0.1) is 0 Å². The average Bonchev–Trinajstić information content (AvgIpc) is 3.27. The number of rotatable bonds is 8. The number of hydrogen-bond acceptors (Lipinski definition) is 7. The molecule has 3 aliphatic rings. The van der Waals surface area contributed by atoms with E-state index in [0.29, 0.717) is 41.1 Å². The molecule has 34 heavy (non-hydrogen) atoms. The molecule has 4 atom stereocenters. The number of nitrogen functional groups attached to an aromatic ring is 1. The lowest BCUT2D eigenvalue weighted by molar-refractivity contribution is -0.0495. The Morgan fingerprint density at radius 2 is 1.79 bits per heavy atom. The van der Waals surface area contributed by atoms with E-state index in [0.717, 1.165) is 31.9 Å². The SMILES string of the molecule is CC(C)N=C(C=C(N)c1cnc(N)c(OC(F)F)c1)C1[C@H]2CC(N3CCN(C(C)C)CC3)C[C@@H]12. The maximum Gasteiger partial charge on any atom is 0.387 e. The topological polar surface area (TPSA) is 93.0 Å². The number of piperazine rings is 1. The maximum atomic E-state index is 12.7. The lowest BCUT2D eigenvalue weighted by Gasteiger charge is -2.40. The van der Waals surface area contributed by atoms with E-state index < -0.39 is 6.61 Å². The van der Waals surface area contributed by atoms with Gasteiger partial charge < -0.3 is 16.2 Å². The fraction of sp³-hybridized carbons (Fsp3) is 0.680. The summed E-state index contributed by atoms with van der Waals surface area (Å²) < 4.78 is 29.8. The second kappa shape index (κ2) is 10.2. The van der Waals surface area contributed by atoms with Crippen molar-refractivity contribution in [2.24, 2.45) is 28.5 Å². The van der Waals surface area contributed by atoms with Crippen LogP contribution in [0.15, 0.2) is 23.3 Å². The first-order valence-corrected chi connectivity index (χ1v) is 12.4. The lowest BCUT2D eigenvalue weighted by Crippen LogP contribution is -2.51. The number of halogens is 2. The van der Waals surface area contributed by atoms with Crippen molar-refractivity contribution in [1.29, 1.82) is 0 Å². The molecule has 1 saturated heterocycles. The summed E-state index contributed by atoms with van der Waals surface area (Å²) in [5.41, 5.74) is 13.9. The van der Waals surface area contributed by atoms with E-state index >= 15 is 0 Å². The molecule has 2 heterocycles. The van der Waals surface area contributed by atoms with Crippen molar-refractivity contribution < 1.29 is 13.5 Å². The number of fused-ring (bicyclic) bond motifs is 1. The average molecular weight is 477 g/mol. The van der Waals surface area contributed by atoms with Crippen LogP contribution in [-0.2, 0) is 0 Å². The van der Waals surface area contributed by atoms with Crippen molar-refractivity contribution in [3.8, 4) is 5.75 Å². The predicted molar refractivity (Wildman–Crippen MR) is 132 cm³/mol. The Labute approximate surface area is 201 Å². The summed E-state index contributed by atoms with van der Waals surface area (Å²) in [6.45, 7) is 10.3. The number of aliphatic imine (C=N–C) groups is 1. The van der Waals surface area contributed by atoms with Crippen molar-refractivity contribution >= 4 is 17.2 Å². The van der Waals surface area contributed by atoms with Crippen LogP contribution < -0.4 is 16.2 Å². The van der Waals surface area contributed by atoms with Gasteiger partial charge in [-0.3, -0.25) is 14.8 Å². The maximum absolute atomic E-state index is 12.7. The van der Waals surface area contributed by atoms with Gasteiger partial charge in [0.25, 0.3) is 0 Å². The molecule has 4 N–H and O–H groups in total. The normalized spacial score (nSPS) is 28.7. The third-order valence-corrected chi connectivity index (χ3v) is 7.50. The fourth-order valence-corrected chi connectivity index (χ4v) is 5.73.